The minimum atomic E-state index is 0.572. The van der Waals surface area contributed by atoms with Crippen LogP contribution in [0.1, 0.15) is 48.2 Å². The van der Waals surface area contributed by atoms with E-state index in [0.717, 1.165) is 24.5 Å². The van der Waals surface area contributed by atoms with Crippen molar-refractivity contribution in [3.8, 4) is 0 Å². The number of pyridine rings is 2. The van der Waals surface area contributed by atoms with E-state index in [1.54, 1.807) is 0 Å². The summed E-state index contributed by atoms with van der Waals surface area (Å²) in [5, 5.41) is 0. The second-order valence-corrected chi connectivity index (χ2v) is 7.90. The van der Waals surface area contributed by atoms with Crippen LogP contribution in [0.5, 0.6) is 0 Å². The second-order valence-electron chi connectivity index (χ2n) is 7.90. The zero-order chi connectivity index (χ0) is 18.5. The molecule has 0 amide bonds. The molecule has 1 fully saturated rings. The highest BCUT2D eigenvalue weighted by Gasteiger charge is 2.31. The van der Waals surface area contributed by atoms with Gasteiger partial charge in [0.25, 0.3) is 0 Å². The molecule has 0 saturated heterocycles. The molecule has 0 aromatic carbocycles. The van der Waals surface area contributed by atoms with E-state index in [0.29, 0.717) is 12.1 Å². The van der Waals surface area contributed by atoms with Crippen LogP contribution in [0.4, 0.5) is 0 Å². The molecule has 2 atom stereocenters. The van der Waals surface area contributed by atoms with Crippen LogP contribution in [0.15, 0.2) is 36.7 Å². The van der Waals surface area contributed by atoms with Gasteiger partial charge in [-0.05, 0) is 64.0 Å². The van der Waals surface area contributed by atoms with Gasteiger partial charge in [-0.1, -0.05) is 25.0 Å². The van der Waals surface area contributed by atoms with Gasteiger partial charge in [0.1, 0.15) is 0 Å². The van der Waals surface area contributed by atoms with Crippen molar-refractivity contribution in [2.24, 2.45) is 0 Å². The van der Waals surface area contributed by atoms with Gasteiger partial charge < -0.3 is 0 Å². The summed E-state index contributed by atoms with van der Waals surface area (Å²) < 4.78 is 0. The molecule has 0 N–H and O–H groups in total. The number of nitrogens with zero attached hydrogens (tertiary/aromatic N) is 4. The Morgan fingerprint density at radius 3 is 1.54 bits per heavy atom. The molecule has 0 unspecified atom stereocenters. The smallest absolute Gasteiger partial charge is 0.0544 e. The van der Waals surface area contributed by atoms with Crippen LogP contribution < -0.4 is 0 Å². The summed E-state index contributed by atoms with van der Waals surface area (Å²) in [5.41, 5.74) is 4.75. The van der Waals surface area contributed by atoms with Crippen LogP contribution in [-0.4, -0.2) is 45.9 Å². The van der Waals surface area contributed by atoms with Crippen molar-refractivity contribution in [3.63, 3.8) is 0 Å². The van der Waals surface area contributed by atoms with Gasteiger partial charge in [0, 0.05) is 37.6 Å². The van der Waals surface area contributed by atoms with E-state index in [-0.39, 0.29) is 0 Å². The van der Waals surface area contributed by atoms with Crippen LogP contribution in [0, 0.1) is 13.8 Å². The highest BCUT2D eigenvalue weighted by Crippen LogP contribution is 2.27. The van der Waals surface area contributed by atoms with Crippen molar-refractivity contribution in [1.82, 2.24) is 19.8 Å². The summed E-state index contributed by atoms with van der Waals surface area (Å²) in [6.07, 6.45) is 9.11. The Hall–Kier alpha value is -1.78. The molecule has 0 spiro atoms. The van der Waals surface area contributed by atoms with Gasteiger partial charge >= 0.3 is 0 Å². The lowest BCUT2D eigenvalue weighted by molar-refractivity contribution is 0.0680. The lowest BCUT2D eigenvalue weighted by atomic mass is 9.88. The van der Waals surface area contributed by atoms with Crippen molar-refractivity contribution in [3.05, 3.63) is 59.2 Å². The third-order valence-corrected chi connectivity index (χ3v) is 5.59. The lowest BCUT2D eigenvalue weighted by Crippen LogP contribution is -2.50. The van der Waals surface area contributed by atoms with Gasteiger partial charge in [0.2, 0.25) is 0 Å². The molecule has 2 heterocycles. The number of aromatic nitrogens is 2. The van der Waals surface area contributed by atoms with Gasteiger partial charge in [-0.3, -0.25) is 19.8 Å². The molecule has 2 aromatic heterocycles. The van der Waals surface area contributed by atoms with Gasteiger partial charge in [0.05, 0.1) is 11.4 Å². The maximum atomic E-state index is 4.59. The largest absolute Gasteiger partial charge is 0.296 e. The van der Waals surface area contributed by atoms with Gasteiger partial charge in [-0.2, -0.15) is 0 Å². The van der Waals surface area contributed by atoms with E-state index in [1.807, 2.05) is 12.4 Å². The maximum absolute atomic E-state index is 4.59. The van der Waals surface area contributed by atoms with E-state index in [9.17, 15) is 0 Å². The Bertz CT molecular complexity index is 619. The first-order valence-corrected chi connectivity index (χ1v) is 9.76. The summed E-state index contributed by atoms with van der Waals surface area (Å²) >= 11 is 0. The number of hydrogen-bond acceptors (Lipinski definition) is 4. The van der Waals surface area contributed by atoms with Gasteiger partial charge in [-0.15, -0.1) is 0 Å². The molecule has 26 heavy (non-hydrogen) atoms. The number of rotatable bonds is 6. The van der Waals surface area contributed by atoms with Gasteiger partial charge in [-0.25, -0.2) is 0 Å². The van der Waals surface area contributed by atoms with E-state index in [4.69, 9.17) is 0 Å². The summed E-state index contributed by atoms with van der Waals surface area (Å²) in [4.78, 5) is 14.2. The highest BCUT2D eigenvalue weighted by atomic mass is 15.2. The number of hydrogen-bond donors (Lipinski definition) is 0. The van der Waals surface area contributed by atoms with E-state index in [1.165, 1.54) is 36.8 Å². The third kappa shape index (κ3) is 4.89. The zero-order valence-electron chi connectivity index (χ0n) is 16.7. The minimum absolute atomic E-state index is 0.572. The van der Waals surface area contributed by atoms with Crippen molar-refractivity contribution in [2.45, 2.75) is 64.7 Å². The Labute approximate surface area is 158 Å². The minimum Gasteiger partial charge on any atom is -0.296 e. The van der Waals surface area contributed by atoms with Gasteiger partial charge in [0.15, 0.2) is 0 Å². The van der Waals surface area contributed by atoms with Crippen LogP contribution in [0.3, 0.4) is 0 Å². The molecule has 0 aliphatic heterocycles. The lowest BCUT2D eigenvalue weighted by Gasteiger charge is -2.42. The molecule has 0 bridgehead atoms. The van der Waals surface area contributed by atoms with E-state index in [2.05, 4.69) is 72.0 Å². The first-order chi connectivity index (χ1) is 12.5. The molecule has 1 aliphatic rings. The number of aryl methyl sites for hydroxylation is 2. The Morgan fingerprint density at radius 1 is 0.769 bits per heavy atom. The topological polar surface area (TPSA) is 32.3 Å². The quantitative estimate of drug-likeness (QED) is 0.787. The molecule has 0 radical (unpaired) electrons. The molecular formula is C22H32N4. The molecule has 2 aromatic rings. The molecule has 1 aliphatic carbocycles. The Kier molecular flexibility index (Phi) is 6.38. The molecule has 3 rings (SSSR count). The standard InChI is InChI=1S/C22H32N4/c1-17-9-11-19(23-13-17)15-25(3)21-7-5-6-8-22(21)26(4)16-20-12-10-18(2)14-24-20/h9-14,21-22H,5-8,15-16H2,1-4H3/t21-,22-/m0/s1. The van der Waals surface area contributed by atoms with Crippen LogP contribution in [-0.2, 0) is 13.1 Å². The fourth-order valence-electron chi connectivity index (χ4n) is 4.05. The fourth-order valence-corrected chi connectivity index (χ4v) is 4.05. The van der Waals surface area contributed by atoms with Crippen LogP contribution >= 0.6 is 0 Å². The summed E-state index contributed by atoms with van der Waals surface area (Å²) in [6.45, 7) is 6.01. The first kappa shape index (κ1) is 19.0. The molecular weight excluding hydrogens is 320 g/mol. The van der Waals surface area contributed by atoms with E-state index >= 15 is 0 Å². The summed E-state index contributed by atoms with van der Waals surface area (Å²) in [7, 11) is 4.50. The van der Waals surface area contributed by atoms with Crippen molar-refractivity contribution in [2.75, 3.05) is 14.1 Å². The number of likely N-dealkylation sites (N-methyl/N-ethyl adjacent to an activating group) is 2. The van der Waals surface area contributed by atoms with Crippen LogP contribution in [0.25, 0.3) is 0 Å². The third-order valence-electron chi connectivity index (χ3n) is 5.59. The normalized spacial score (nSPS) is 20.7. The molecule has 4 nitrogen and oxygen atoms in total. The predicted molar refractivity (Wildman–Crippen MR) is 107 cm³/mol. The average Bonchev–Trinajstić information content (AvgIpc) is 2.65. The van der Waals surface area contributed by atoms with Crippen molar-refractivity contribution in [1.29, 1.82) is 0 Å². The highest BCUT2D eigenvalue weighted by molar-refractivity contribution is 5.13. The second kappa shape index (κ2) is 8.74. The Morgan fingerprint density at radius 2 is 1.19 bits per heavy atom. The van der Waals surface area contributed by atoms with Crippen molar-refractivity contribution < 1.29 is 0 Å². The first-order valence-electron chi connectivity index (χ1n) is 9.76. The van der Waals surface area contributed by atoms with Crippen LogP contribution in [0.2, 0.25) is 0 Å². The monoisotopic (exact) mass is 352 g/mol. The Balaban J connectivity index is 1.65. The summed E-state index contributed by atoms with van der Waals surface area (Å²) in [5.74, 6) is 0. The van der Waals surface area contributed by atoms with E-state index < -0.39 is 0 Å². The fraction of sp³-hybridized carbons (Fsp3) is 0.545. The maximum Gasteiger partial charge on any atom is 0.0544 e. The molecule has 4 heteroatoms. The predicted octanol–water partition coefficient (Wildman–Crippen LogP) is 3.97. The average molecular weight is 353 g/mol. The summed E-state index contributed by atoms with van der Waals surface area (Å²) in [6, 6.07) is 9.77. The zero-order valence-corrected chi connectivity index (χ0v) is 16.7. The molecule has 140 valence electrons. The SMILES string of the molecule is Cc1ccc(CN(C)[C@H]2CCCC[C@@H]2N(C)Cc2ccc(C)cn2)nc1. The van der Waals surface area contributed by atoms with Crippen molar-refractivity contribution >= 4 is 0 Å². The molecule has 1 saturated carbocycles.